The zero-order valence-electron chi connectivity index (χ0n) is 9.93. The summed E-state index contributed by atoms with van der Waals surface area (Å²) in [5.41, 5.74) is 2.51. The first-order valence-corrected chi connectivity index (χ1v) is 8.19. The van der Waals surface area contributed by atoms with Crippen LogP contribution in [-0.4, -0.2) is 7.05 Å². The average molecular weight is 410 g/mol. The van der Waals surface area contributed by atoms with E-state index in [2.05, 4.69) is 62.3 Å². The molecule has 1 heterocycles. The van der Waals surface area contributed by atoms with Crippen molar-refractivity contribution in [2.75, 3.05) is 7.05 Å². The van der Waals surface area contributed by atoms with E-state index >= 15 is 0 Å². The second-order valence-electron chi connectivity index (χ2n) is 3.95. The van der Waals surface area contributed by atoms with Gasteiger partial charge in [-0.15, -0.1) is 11.3 Å². The standard InChI is InChI=1S/C13H12Br2ClNS/c1-7-8(4-3-5-9(7)14)12(17-2)11-6-10(16)13(15)18-11/h3-6,12,17H,1-2H3. The van der Waals surface area contributed by atoms with Crippen LogP contribution in [0.3, 0.4) is 0 Å². The lowest BCUT2D eigenvalue weighted by Gasteiger charge is -2.18. The average Bonchev–Trinajstić information content (AvgIpc) is 2.66. The van der Waals surface area contributed by atoms with Crippen molar-refractivity contribution in [2.45, 2.75) is 13.0 Å². The van der Waals surface area contributed by atoms with Crippen LogP contribution < -0.4 is 5.32 Å². The minimum Gasteiger partial charge on any atom is -0.309 e. The minimum absolute atomic E-state index is 0.163. The van der Waals surface area contributed by atoms with Crippen LogP contribution in [-0.2, 0) is 0 Å². The zero-order valence-corrected chi connectivity index (χ0v) is 14.7. The summed E-state index contributed by atoms with van der Waals surface area (Å²) in [5, 5.41) is 4.12. The SMILES string of the molecule is CNC(c1cc(Cl)c(Br)s1)c1cccc(Br)c1C. The highest BCUT2D eigenvalue weighted by molar-refractivity contribution is 9.11. The molecule has 1 aromatic heterocycles. The smallest absolute Gasteiger partial charge is 0.0888 e. The lowest BCUT2D eigenvalue weighted by atomic mass is 10.0. The molecular weight excluding hydrogens is 397 g/mol. The van der Waals surface area contributed by atoms with Gasteiger partial charge in [-0.05, 0) is 53.2 Å². The molecule has 1 N–H and O–H groups in total. The Morgan fingerprint density at radius 2 is 2.06 bits per heavy atom. The molecule has 0 aliphatic rings. The Kier molecular flexibility index (Phi) is 4.89. The van der Waals surface area contributed by atoms with Crippen LogP contribution >= 0.6 is 54.8 Å². The van der Waals surface area contributed by atoms with E-state index in [9.17, 15) is 0 Å². The number of nitrogens with one attached hydrogen (secondary N) is 1. The van der Waals surface area contributed by atoms with Crippen LogP contribution in [0.5, 0.6) is 0 Å². The van der Waals surface area contributed by atoms with Crippen molar-refractivity contribution in [2.24, 2.45) is 0 Å². The van der Waals surface area contributed by atoms with Crippen molar-refractivity contribution in [3.63, 3.8) is 0 Å². The number of benzene rings is 1. The van der Waals surface area contributed by atoms with E-state index in [1.807, 2.05) is 13.1 Å². The number of thiophene rings is 1. The van der Waals surface area contributed by atoms with E-state index in [1.54, 1.807) is 11.3 Å². The Balaban J connectivity index is 2.48. The second-order valence-corrected chi connectivity index (χ2v) is 7.61. The predicted octanol–water partition coefficient (Wildman–Crippen LogP) is 5.54. The molecule has 2 rings (SSSR count). The number of rotatable bonds is 3. The molecule has 0 aliphatic carbocycles. The summed E-state index contributed by atoms with van der Waals surface area (Å²) < 4.78 is 2.11. The van der Waals surface area contributed by atoms with E-state index in [0.29, 0.717) is 0 Å². The normalized spacial score (nSPS) is 12.7. The van der Waals surface area contributed by atoms with Crippen molar-refractivity contribution < 1.29 is 0 Å². The summed E-state index contributed by atoms with van der Waals surface area (Å²) in [7, 11) is 1.96. The Morgan fingerprint density at radius 1 is 1.33 bits per heavy atom. The fraction of sp³-hybridized carbons (Fsp3) is 0.231. The van der Waals surface area contributed by atoms with Gasteiger partial charge in [-0.2, -0.15) is 0 Å². The molecule has 0 spiro atoms. The Bertz CT molecular complexity index is 549. The summed E-state index contributed by atoms with van der Waals surface area (Å²) in [5.74, 6) is 0. The van der Waals surface area contributed by atoms with E-state index < -0.39 is 0 Å². The molecule has 0 aliphatic heterocycles. The molecule has 1 unspecified atom stereocenters. The van der Waals surface area contributed by atoms with Crippen LogP contribution in [0.15, 0.2) is 32.5 Å². The first-order chi connectivity index (χ1) is 8.54. The molecule has 96 valence electrons. The third-order valence-electron chi connectivity index (χ3n) is 2.86. The number of hydrogen-bond donors (Lipinski definition) is 1. The third-order valence-corrected chi connectivity index (χ3v) is 6.26. The van der Waals surface area contributed by atoms with E-state index in [4.69, 9.17) is 11.6 Å². The maximum Gasteiger partial charge on any atom is 0.0888 e. The predicted molar refractivity (Wildman–Crippen MR) is 86.8 cm³/mol. The van der Waals surface area contributed by atoms with Crippen LogP contribution in [0, 0.1) is 6.92 Å². The first-order valence-electron chi connectivity index (χ1n) is 5.41. The molecular formula is C13H12Br2ClNS. The van der Waals surface area contributed by atoms with Gasteiger partial charge in [0.2, 0.25) is 0 Å². The van der Waals surface area contributed by atoms with Crippen molar-refractivity contribution >= 4 is 54.8 Å². The summed E-state index contributed by atoms with van der Waals surface area (Å²) in [4.78, 5) is 1.20. The van der Waals surface area contributed by atoms with Gasteiger partial charge in [0, 0.05) is 9.35 Å². The van der Waals surface area contributed by atoms with Crippen LogP contribution in [0.4, 0.5) is 0 Å². The zero-order chi connectivity index (χ0) is 13.3. The van der Waals surface area contributed by atoms with Crippen molar-refractivity contribution in [1.82, 2.24) is 5.32 Å². The largest absolute Gasteiger partial charge is 0.309 e. The van der Waals surface area contributed by atoms with Crippen molar-refractivity contribution in [3.05, 3.63) is 53.6 Å². The highest BCUT2D eigenvalue weighted by Crippen LogP contribution is 2.38. The topological polar surface area (TPSA) is 12.0 Å². The molecule has 1 atom stereocenters. The second kappa shape index (κ2) is 6.06. The number of halogens is 3. The summed E-state index contributed by atoms with van der Waals surface area (Å²) in [6.07, 6.45) is 0. The van der Waals surface area contributed by atoms with E-state index in [1.165, 1.54) is 16.0 Å². The molecule has 18 heavy (non-hydrogen) atoms. The quantitative estimate of drug-likeness (QED) is 0.701. The number of hydrogen-bond acceptors (Lipinski definition) is 2. The molecule has 0 saturated heterocycles. The Labute approximate surface area is 133 Å². The van der Waals surface area contributed by atoms with Gasteiger partial charge >= 0.3 is 0 Å². The van der Waals surface area contributed by atoms with E-state index in [0.717, 1.165) is 13.3 Å². The maximum atomic E-state index is 6.12. The molecule has 0 fully saturated rings. The lowest BCUT2D eigenvalue weighted by molar-refractivity contribution is 0.699. The van der Waals surface area contributed by atoms with Crippen LogP contribution in [0.25, 0.3) is 0 Å². The molecule has 2 aromatic rings. The Hall–Kier alpha value is 0.130. The molecule has 1 aromatic carbocycles. The molecule has 0 bridgehead atoms. The maximum absolute atomic E-state index is 6.12. The van der Waals surface area contributed by atoms with Crippen molar-refractivity contribution in [3.8, 4) is 0 Å². The minimum atomic E-state index is 0.163. The van der Waals surface area contributed by atoms with Gasteiger partial charge in [-0.1, -0.05) is 39.7 Å². The fourth-order valence-electron chi connectivity index (χ4n) is 1.89. The highest BCUT2D eigenvalue weighted by atomic mass is 79.9. The van der Waals surface area contributed by atoms with Gasteiger partial charge < -0.3 is 5.32 Å². The van der Waals surface area contributed by atoms with Crippen LogP contribution in [0.1, 0.15) is 22.0 Å². The fourth-order valence-corrected chi connectivity index (χ4v) is 4.15. The Morgan fingerprint density at radius 3 is 2.61 bits per heavy atom. The first kappa shape index (κ1) is 14.5. The molecule has 0 amide bonds. The van der Waals surface area contributed by atoms with Crippen molar-refractivity contribution in [1.29, 1.82) is 0 Å². The van der Waals surface area contributed by atoms with Gasteiger partial charge in [0.15, 0.2) is 0 Å². The molecule has 5 heteroatoms. The summed E-state index contributed by atoms with van der Waals surface area (Å²) >= 11 is 14.8. The molecule has 0 saturated carbocycles. The summed E-state index contributed by atoms with van der Waals surface area (Å²) in [6, 6.07) is 8.43. The van der Waals surface area contributed by atoms with Crippen LogP contribution in [0.2, 0.25) is 5.02 Å². The summed E-state index contributed by atoms with van der Waals surface area (Å²) in [6.45, 7) is 2.12. The van der Waals surface area contributed by atoms with Gasteiger partial charge in [0.25, 0.3) is 0 Å². The van der Waals surface area contributed by atoms with Gasteiger partial charge in [-0.3, -0.25) is 0 Å². The lowest BCUT2D eigenvalue weighted by Crippen LogP contribution is -2.17. The molecule has 0 radical (unpaired) electrons. The third kappa shape index (κ3) is 2.83. The monoisotopic (exact) mass is 407 g/mol. The van der Waals surface area contributed by atoms with Gasteiger partial charge in [0.05, 0.1) is 14.9 Å². The van der Waals surface area contributed by atoms with E-state index in [-0.39, 0.29) is 6.04 Å². The van der Waals surface area contributed by atoms with Gasteiger partial charge in [-0.25, -0.2) is 0 Å². The highest BCUT2D eigenvalue weighted by Gasteiger charge is 2.18. The molecule has 1 nitrogen and oxygen atoms in total. The van der Waals surface area contributed by atoms with Gasteiger partial charge in [0.1, 0.15) is 0 Å².